The van der Waals surface area contributed by atoms with Crippen molar-refractivity contribution in [2.75, 3.05) is 4.31 Å². The summed E-state index contributed by atoms with van der Waals surface area (Å²) in [7, 11) is -1.71. The predicted octanol–water partition coefficient (Wildman–Crippen LogP) is 2.94. The maximum atomic E-state index is 12.8. The first kappa shape index (κ1) is 14.7. The molecule has 5 heteroatoms. The fourth-order valence-electron chi connectivity index (χ4n) is 2.17. The molecule has 2 aromatic rings. The number of benzene rings is 1. The molecule has 0 fully saturated rings. The molecule has 0 aliphatic rings. The number of aryl methyl sites for hydroxylation is 2. The Hall–Kier alpha value is -1.75. The van der Waals surface area contributed by atoms with Gasteiger partial charge in [-0.15, -0.1) is 0 Å². The first-order valence-corrected chi connectivity index (χ1v) is 8.00. The predicted molar refractivity (Wildman–Crippen MR) is 81.4 cm³/mol. The summed E-state index contributed by atoms with van der Waals surface area (Å²) >= 11 is 0. The highest BCUT2D eigenvalue weighted by Gasteiger charge is 2.28. The lowest BCUT2D eigenvalue weighted by Crippen LogP contribution is -2.38. The molecule has 4 nitrogen and oxygen atoms in total. The van der Waals surface area contributed by atoms with Crippen molar-refractivity contribution in [3.8, 4) is 0 Å². The van der Waals surface area contributed by atoms with E-state index in [2.05, 4.69) is 0 Å². The second kappa shape index (κ2) is 5.32. The van der Waals surface area contributed by atoms with E-state index in [4.69, 9.17) is 0 Å². The molecular weight excluding hydrogens is 272 g/mol. The minimum Gasteiger partial charge on any atom is -0.337 e. The molecule has 0 saturated carbocycles. The molecule has 108 valence electrons. The zero-order chi connectivity index (χ0) is 14.9. The molecular formula is C15H20N2O2S. The standard InChI is InChI=1S/C15H20N2O2S/c1-12(2)17(15-6-5-11-16(15)4)20(18,19)14-9-7-13(3)8-10-14/h5-12H,1-4H3. The maximum Gasteiger partial charge on any atom is 0.265 e. The minimum atomic E-state index is -3.55. The van der Waals surface area contributed by atoms with Crippen molar-refractivity contribution < 1.29 is 8.42 Å². The third-order valence-electron chi connectivity index (χ3n) is 3.19. The molecule has 1 aromatic carbocycles. The molecule has 2 rings (SSSR count). The van der Waals surface area contributed by atoms with Crippen LogP contribution in [0.2, 0.25) is 0 Å². The average Bonchev–Trinajstić information content (AvgIpc) is 2.75. The van der Waals surface area contributed by atoms with Gasteiger partial charge in [-0.2, -0.15) is 0 Å². The third-order valence-corrected chi connectivity index (χ3v) is 5.18. The monoisotopic (exact) mass is 292 g/mol. The summed E-state index contributed by atoms with van der Waals surface area (Å²) in [5, 5.41) is 0. The van der Waals surface area contributed by atoms with Gasteiger partial charge in [-0.3, -0.25) is 0 Å². The van der Waals surface area contributed by atoms with E-state index in [0.29, 0.717) is 10.7 Å². The van der Waals surface area contributed by atoms with Gasteiger partial charge in [0.1, 0.15) is 5.82 Å². The summed E-state index contributed by atoms with van der Waals surface area (Å²) in [5.41, 5.74) is 1.04. The molecule has 0 N–H and O–H groups in total. The fourth-order valence-corrected chi connectivity index (χ4v) is 3.87. The summed E-state index contributed by atoms with van der Waals surface area (Å²) in [6.45, 7) is 5.69. The number of hydrogen-bond acceptors (Lipinski definition) is 2. The zero-order valence-electron chi connectivity index (χ0n) is 12.2. The highest BCUT2D eigenvalue weighted by Crippen LogP contribution is 2.26. The van der Waals surface area contributed by atoms with Crippen LogP contribution in [0, 0.1) is 6.92 Å². The van der Waals surface area contributed by atoms with Crippen LogP contribution >= 0.6 is 0 Å². The van der Waals surface area contributed by atoms with Crippen LogP contribution in [0.15, 0.2) is 47.5 Å². The van der Waals surface area contributed by atoms with E-state index in [-0.39, 0.29) is 6.04 Å². The molecule has 0 atom stereocenters. The van der Waals surface area contributed by atoms with Crippen molar-refractivity contribution in [1.29, 1.82) is 0 Å². The van der Waals surface area contributed by atoms with E-state index in [1.165, 1.54) is 4.31 Å². The number of rotatable bonds is 4. The van der Waals surface area contributed by atoms with Gasteiger partial charge < -0.3 is 4.57 Å². The molecule has 1 heterocycles. The van der Waals surface area contributed by atoms with E-state index in [9.17, 15) is 8.42 Å². The molecule has 0 aliphatic heterocycles. The van der Waals surface area contributed by atoms with Crippen molar-refractivity contribution in [1.82, 2.24) is 4.57 Å². The number of sulfonamides is 1. The molecule has 0 aliphatic carbocycles. The minimum absolute atomic E-state index is 0.157. The normalized spacial score (nSPS) is 11.8. The smallest absolute Gasteiger partial charge is 0.265 e. The van der Waals surface area contributed by atoms with Gasteiger partial charge in [0.05, 0.1) is 4.90 Å². The van der Waals surface area contributed by atoms with Gasteiger partial charge in [0.2, 0.25) is 0 Å². The zero-order valence-corrected chi connectivity index (χ0v) is 13.1. The van der Waals surface area contributed by atoms with Crippen molar-refractivity contribution in [2.45, 2.75) is 31.7 Å². The summed E-state index contributed by atoms with van der Waals surface area (Å²) in [6, 6.07) is 10.4. The van der Waals surface area contributed by atoms with Crippen molar-refractivity contribution in [2.24, 2.45) is 7.05 Å². The lowest BCUT2D eigenvalue weighted by Gasteiger charge is -2.28. The Balaban J connectivity index is 2.54. The second-order valence-corrected chi connectivity index (χ2v) is 7.00. The number of nitrogens with zero attached hydrogens (tertiary/aromatic N) is 2. The van der Waals surface area contributed by atoms with E-state index in [1.54, 1.807) is 12.1 Å². The average molecular weight is 292 g/mol. The van der Waals surface area contributed by atoms with Crippen LogP contribution in [-0.4, -0.2) is 19.0 Å². The van der Waals surface area contributed by atoms with Gasteiger partial charge in [0.15, 0.2) is 0 Å². The first-order chi connectivity index (χ1) is 9.34. The Morgan fingerprint density at radius 3 is 2.15 bits per heavy atom. The van der Waals surface area contributed by atoms with Crippen LogP contribution in [0.3, 0.4) is 0 Å². The van der Waals surface area contributed by atoms with Gasteiger partial charge >= 0.3 is 0 Å². The van der Waals surface area contributed by atoms with Crippen LogP contribution < -0.4 is 4.31 Å². The highest BCUT2D eigenvalue weighted by atomic mass is 32.2. The van der Waals surface area contributed by atoms with Gasteiger partial charge in [-0.25, -0.2) is 12.7 Å². The van der Waals surface area contributed by atoms with E-state index >= 15 is 0 Å². The van der Waals surface area contributed by atoms with Crippen molar-refractivity contribution in [3.63, 3.8) is 0 Å². The van der Waals surface area contributed by atoms with E-state index in [1.807, 2.05) is 62.8 Å². The van der Waals surface area contributed by atoms with Gasteiger partial charge in [-0.1, -0.05) is 17.7 Å². The number of anilines is 1. The van der Waals surface area contributed by atoms with Gasteiger partial charge in [0.25, 0.3) is 10.0 Å². The fraction of sp³-hybridized carbons (Fsp3) is 0.333. The lowest BCUT2D eigenvalue weighted by atomic mass is 10.2. The Kier molecular flexibility index (Phi) is 3.90. The summed E-state index contributed by atoms with van der Waals surface area (Å²) in [6.07, 6.45) is 1.84. The lowest BCUT2D eigenvalue weighted by molar-refractivity contribution is 0.582. The Morgan fingerprint density at radius 1 is 1.10 bits per heavy atom. The summed E-state index contributed by atoms with van der Waals surface area (Å²) < 4.78 is 29.0. The molecule has 1 aromatic heterocycles. The highest BCUT2D eigenvalue weighted by molar-refractivity contribution is 7.92. The molecule has 0 saturated heterocycles. The quantitative estimate of drug-likeness (QED) is 0.869. The largest absolute Gasteiger partial charge is 0.337 e. The van der Waals surface area contributed by atoms with E-state index < -0.39 is 10.0 Å². The van der Waals surface area contributed by atoms with Crippen molar-refractivity contribution in [3.05, 3.63) is 48.2 Å². The molecule has 0 radical (unpaired) electrons. The van der Waals surface area contributed by atoms with Crippen LogP contribution in [0.5, 0.6) is 0 Å². The third kappa shape index (κ3) is 2.58. The Labute approximate surface area is 120 Å². The van der Waals surface area contributed by atoms with Crippen LogP contribution in [-0.2, 0) is 17.1 Å². The van der Waals surface area contributed by atoms with Gasteiger partial charge in [-0.05, 0) is 45.0 Å². The second-order valence-electron chi connectivity index (χ2n) is 5.18. The first-order valence-electron chi connectivity index (χ1n) is 6.56. The molecule has 20 heavy (non-hydrogen) atoms. The summed E-state index contributed by atoms with van der Waals surface area (Å²) in [5.74, 6) is 0.667. The molecule has 0 bridgehead atoms. The number of aromatic nitrogens is 1. The van der Waals surface area contributed by atoms with Crippen LogP contribution in [0.25, 0.3) is 0 Å². The topological polar surface area (TPSA) is 42.3 Å². The Bertz CT molecular complexity index is 685. The van der Waals surface area contributed by atoms with Crippen LogP contribution in [0.1, 0.15) is 19.4 Å². The van der Waals surface area contributed by atoms with Crippen molar-refractivity contribution >= 4 is 15.8 Å². The maximum absolute atomic E-state index is 12.8. The number of hydrogen-bond donors (Lipinski definition) is 0. The SMILES string of the molecule is Cc1ccc(S(=O)(=O)N(c2cccn2C)C(C)C)cc1. The Morgan fingerprint density at radius 2 is 1.70 bits per heavy atom. The van der Waals surface area contributed by atoms with Gasteiger partial charge in [0, 0.05) is 19.3 Å². The summed E-state index contributed by atoms with van der Waals surface area (Å²) in [4.78, 5) is 0.318. The molecule has 0 amide bonds. The van der Waals surface area contributed by atoms with E-state index in [0.717, 1.165) is 5.56 Å². The molecule has 0 spiro atoms. The molecule has 0 unspecified atom stereocenters. The van der Waals surface area contributed by atoms with Crippen LogP contribution in [0.4, 0.5) is 5.82 Å².